The highest BCUT2D eigenvalue weighted by Gasteiger charge is 2.21. The fourth-order valence-corrected chi connectivity index (χ4v) is 2.32. The Labute approximate surface area is 134 Å². The first kappa shape index (κ1) is 15.5. The van der Waals surface area contributed by atoms with Gasteiger partial charge in [0.05, 0.1) is 10.6 Å². The van der Waals surface area contributed by atoms with E-state index < -0.39 is 10.8 Å². The van der Waals surface area contributed by atoms with E-state index in [1.807, 2.05) is 13.0 Å². The Bertz CT molecular complexity index is 734. The van der Waals surface area contributed by atoms with Crippen LogP contribution < -0.4 is 5.32 Å². The van der Waals surface area contributed by atoms with Crippen molar-refractivity contribution < 1.29 is 9.72 Å². The molecule has 0 aliphatic carbocycles. The molecule has 2 aromatic rings. The Morgan fingerprint density at radius 2 is 2.05 bits per heavy atom. The second kappa shape index (κ2) is 6.24. The lowest BCUT2D eigenvalue weighted by atomic mass is 10.1. The average Bonchev–Trinajstić information content (AvgIpc) is 2.43. The number of benzene rings is 2. The first-order valence-electron chi connectivity index (χ1n) is 5.90. The third-order valence-corrected chi connectivity index (χ3v) is 4.13. The molecule has 0 atom stereocenters. The minimum absolute atomic E-state index is 0.0825. The molecule has 2 rings (SSSR count). The van der Waals surface area contributed by atoms with Gasteiger partial charge in [-0.05, 0) is 46.6 Å². The van der Waals surface area contributed by atoms with Crippen LogP contribution in [0, 0.1) is 17.0 Å². The Morgan fingerprint density at radius 1 is 1.33 bits per heavy atom. The van der Waals surface area contributed by atoms with Crippen molar-refractivity contribution in [1.29, 1.82) is 0 Å². The van der Waals surface area contributed by atoms with Gasteiger partial charge in [-0.3, -0.25) is 14.9 Å². The molecule has 0 heterocycles. The second-order valence-electron chi connectivity index (χ2n) is 4.31. The molecule has 0 unspecified atom stereocenters. The van der Waals surface area contributed by atoms with Crippen LogP contribution in [0.4, 0.5) is 11.4 Å². The van der Waals surface area contributed by atoms with E-state index in [-0.39, 0.29) is 16.3 Å². The molecule has 0 saturated carbocycles. The first-order chi connectivity index (χ1) is 9.90. The van der Waals surface area contributed by atoms with Gasteiger partial charge in [0.15, 0.2) is 0 Å². The maximum absolute atomic E-state index is 12.3. The maximum atomic E-state index is 12.3. The molecule has 0 radical (unpaired) electrons. The van der Waals surface area contributed by atoms with E-state index in [9.17, 15) is 14.9 Å². The van der Waals surface area contributed by atoms with E-state index in [4.69, 9.17) is 11.6 Å². The minimum atomic E-state index is -0.615. The standard InChI is InChI=1S/C14H10BrClN2O3/c1-8-3-2-4-11(13(8)15)17-14(19)10-7-9(16)5-6-12(10)18(20)21/h2-7H,1H3,(H,17,19). The molecule has 7 heteroatoms. The van der Waals surface area contributed by atoms with Crippen molar-refractivity contribution in [3.8, 4) is 0 Å². The van der Waals surface area contributed by atoms with Gasteiger partial charge < -0.3 is 5.32 Å². The molecule has 0 fully saturated rings. The monoisotopic (exact) mass is 368 g/mol. The van der Waals surface area contributed by atoms with Crippen LogP contribution in [0.5, 0.6) is 0 Å². The number of aryl methyl sites for hydroxylation is 1. The Balaban J connectivity index is 2.39. The van der Waals surface area contributed by atoms with Crippen molar-refractivity contribution in [2.75, 3.05) is 5.32 Å². The number of nitrogens with one attached hydrogen (secondary N) is 1. The van der Waals surface area contributed by atoms with E-state index in [0.29, 0.717) is 5.69 Å². The summed E-state index contributed by atoms with van der Waals surface area (Å²) in [6.07, 6.45) is 0. The summed E-state index contributed by atoms with van der Waals surface area (Å²) in [6.45, 7) is 1.88. The fourth-order valence-electron chi connectivity index (χ4n) is 1.78. The number of halogens is 2. The SMILES string of the molecule is Cc1cccc(NC(=O)c2cc(Cl)ccc2[N+](=O)[O-])c1Br. The largest absolute Gasteiger partial charge is 0.321 e. The summed E-state index contributed by atoms with van der Waals surface area (Å²) >= 11 is 9.18. The van der Waals surface area contributed by atoms with Crippen LogP contribution in [0.2, 0.25) is 5.02 Å². The lowest BCUT2D eigenvalue weighted by molar-refractivity contribution is -0.385. The van der Waals surface area contributed by atoms with E-state index in [2.05, 4.69) is 21.2 Å². The van der Waals surface area contributed by atoms with E-state index in [0.717, 1.165) is 10.0 Å². The fraction of sp³-hybridized carbons (Fsp3) is 0.0714. The summed E-state index contributed by atoms with van der Waals surface area (Å²) in [5.74, 6) is -0.587. The summed E-state index contributed by atoms with van der Waals surface area (Å²) < 4.78 is 0.725. The number of hydrogen-bond acceptors (Lipinski definition) is 3. The molecule has 1 amide bonds. The Kier molecular flexibility index (Phi) is 4.59. The molecule has 0 bridgehead atoms. The van der Waals surface area contributed by atoms with Gasteiger partial charge in [0.2, 0.25) is 0 Å². The normalized spacial score (nSPS) is 10.2. The minimum Gasteiger partial charge on any atom is -0.321 e. The summed E-state index contributed by atoms with van der Waals surface area (Å²) in [5, 5.41) is 13.9. The van der Waals surface area contributed by atoms with E-state index >= 15 is 0 Å². The highest BCUT2D eigenvalue weighted by Crippen LogP contribution is 2.28. The van der Waals surface area contributed by atoms with Gasteiger partial charge in [-0.15, -0.1) is 0 Å². The molecule has 108 valence electrons. The number of rotatable bonds is 3. The predicted octanol–water partition coefficient (Wildman–Crippen LogP) is 4.57. The van der Waals surface area contributed by atoms with Gasteiger partial charge in [0.25, 0.3) is 11.6 Å². The van der Waals surface area contributed by atoms with Crippen LogP contribution in [-0.4, -0.2) is 10.8 Å². The highest BCUT2D eigenvalue weighted by molar-refractivity contribution is 9.10. The van der Waals surface area contributed by atoms with Crippen molar-refractivity contribution in [2.24, 2.45) is 0 Å². The number of nitro benzene ring substituents is 1. The number of carbonyl (C=O) groups is 1. The number of anilines is 1. The number of hydrogen-bond donors (Lipinski definition) is 1. The number of carbonyl (C=O) groups excluding carboxylic acids is 1. The Hall–Kier alpha value is -1.92. The molecular formula is C14H10BrClN2O3. The topological polar surface area (TPSA) is 72.2 Å². The predicted molar refractivity (Wildman–Crippen MR) is 84.9 cm³/mol. The van der Waals surface area contributed by atoms with Gasteiger partial charge in [-0.1, -0.05) is 23.7 Å². The molecule has 2 aromatic carbocycles. The maximum Gasteiger partial charge on any atom is 0.282 e. The van der Waals surface area contributed by atoms with Crippen LogP contribution in [0.25, 0.3) is 0 Å². The third-order valence-electron chi connectivity index (χ3n) is 2.84. The highest BCUT2D eigenvalue weighted by atomic mass is 79.9. The first-order valence-corrected chi connectivity index (χ1v) is 7.07. The van der Waals surface area contributed by atoms with Crippen molar-refractivity contribution in [1.82, 2.24) is 0 Å². The van der Waals surface area contributed by atoms with Gasteiger partial charge in [-0.25, -0.2) is 0 Å². The third kappa shape index (κ3) is 3.40. The molecular weight excluding hydrogens is 360 g/mol. The van der Waals surface area contributed by atoms with Crippen molar-refractivity contribution in [2.45, 2.75) is 6.92 Å². The molecule has 0 aliphatic rings. The van der Waals surface area contributed by atoms with Gasteiger partial charge >= 0.3 is 0 Å². The summed E-state index contributed by atoms with van der Waals surface area (Å²) in [7, 11) is 0. The zero-order valence-corrected chi connectivity index (χ0v) is 13.2. The van der Waals surface area contributed by atoms with E-state index in [1.165, 1.54) is 18.2 Å². The van der Waals surface area contributed by atoms with Crippen LogP contribution in [0.15, 0.2) is 40.9 Å². The van der Waals surface area contributed by atoms with Crippen LogP contribution in [-0.2, 0) is 0 Å². The molecule has 0 aromatic heterocycles. The number of amides is 1. The van der Waals surface area contributed by atoms with Gasteiger partial charge in [0, 0.05) is 15.6 Å². The van der Waals surface area contributed by atoms with E-state index in [1.54, 1.807) is 12.1 Å². The molecule has 5 nitrogen and oxygen atoms in total. The summed E-state index contributed by atoms with van der Waals surface area (Å²) in [4.78, 5) is 22.6. The van der Waals surface area contributed by atoms with Crippen molar-refractivity contribution >= 4 is 44.8 Å². The zero-order valence-electron chi connectivity index (χ0n) is 10.9. The number of nitrogens with zero attached hydrogens (tertiary/aromatic N) is 1. The van der Waals surface area contributed by atoms with Crippen LogP contribution >= 0.6 is 27.5 Å². The van der Waals surface area contributed by atoms with Gasteiger partial charge in [0.1, 0.15) is 5.56 Å². The van der Waals surface area contributed by atoms with Crippen molar-refractivity contribution in [3.63, 3.8) is 0 Å². The quantitative estimate of drug-likeness (QED) is 0.636. The summed E-state index contributed by atoms with van der Waals surface area (Å²) in [5.41, 5.74) is 1.10. The van der Waals surface area contributed by atoms with Crippen LogP contribution in [0.3, 0.4) is 0 Å². The molecule has 0 saturated heterocycles. The average molecular weight is 370 g/mol. The van der Waals surface area contributed by atoms with Crippen LogP contribution in [0.1, 0.15) is 15.9 Å². The molecule has 0 aliphatic heterocycles. The second-order valence-corrected chi connectivity index (χ2v) is 5.54. The molecule has 1 N–H and O–H groups in total. The zero-order chi connectivity index (χ0) is 15.6. The molecule has 0 spiro atoms. The van der Waals surface area contributed by atoms with Crippen molar-refractivity contribution in [3.05, 3.63) is 67.1 Å². The molecule has 21 heavy (non-hydrogen) atoms. The number of nitro groups is 1. The smallest absolute Gasteiger partial charge is 0.282 e. The van der Waals surface area contributed by atoms with Gasteiger partial charge in [-0.2, -0.15) is 0 Å². The Morgan fingerprint density at radius 3 is 2.71 bits per heavy atom. The summed E-state index contributed by atoms with van der Waals surface area (Å²) in [6, 6.07) is 9.22. The lowest BCUT2D eigenvalue weighted by Gasteiger charge is -2.09. The lowest BCUT2D eigenvalue weighted by Crippen LogP contribution is -2.14.